The largest absolute Gasteiger partial charge is 0.368 e. The van der Waals surface area contributed by atoms with Crippen LogP contribution >= 0.6 is 0 Å². The van der Waals surface area contributed by atoms with Crippen LogP contribution in [0.3, 0.4) is 0 Å². The number of carbonyl (C=O) groups is 2. The Hall–Kier alpha value is -1.88. The predicted molar refractivity (Wildman–Crippen MR) is 92.8 cm³/mol. The van der Waals surface area contributed by atoms with Crippen LogP contribution in [-0.4, -0.2) is 24.5 Å². The van der Waals surface area contributed by atoms with Gasteiger partial charge in [-0.3, -0.25) is 9.59 Å². The highest BCUT2D eigenvalue weighted by molar-refractivity contribution is 5.93. The molecule has 3 rings (SSSR count). The van der Waals surface area contributed by atoms with Gasteiger partial charge in [0.1, 0.15) is 6.61 Å². The van der Waals surface area contributed by atoms with E-state index in [1.165, 1.54) is 19.3 Å². The monoisotopic (exact) mass is 330 g/mol. The zero-order valence-electron chi connectivity index (χ0n) is 14.3. The first kappa shape index (κ1) is 17.0. The molecule has 1 heterocycles. The van der Waals surface area contributed by atoms with E-state index in [0.29, 0.717) is 6.42 Å². The standard InChI is InChI=1S/C19H26N2O3/c1-13(20-19(23)12-24-16-5-3-2-4-6-16)14-7-9-17-15(11-14)8-10-18(22)21-17/h7,9,11,13,16H,2-6,8,10,12H2,1H3,(H,20,23)(H,21,22)/t13-/m1/s1. The van der Waals surface area contributed by atoms with Crippen molar-refractivity contribution in [1.82, 2.24) is 5.32 Å². The van der Waals surface area contributed by atoms with Gasteiger partial charge in [0.2, 0.25) is 11.8 Å². The Morgan fingerprint density at radius 1 is 1.29 bits per heavy atom. The molecule has 2 aliphatic rings. The van der Waals surface area contributed by atoms with Crippen molar-refractivity contribution in [1.29, 1.82) is 0 Å². The summed E-state index contributed by atoms with van der Waals surface area (Å²) in [6.45, 7) is 2.11. The number of carbonyl (C=O) groups excluding carboxylic acids is 2. The van der Waals surface area contributed by atoms with Gasteiger partial charge in [-0.15, -0.1) is 0 Å². The summed E-state index contributed by atoms with van der Waals surface area (Å²) < 4.78 is 5.72. The quantitative estimate of drug-likeness (QED) is 0.872. The van der Waals surface area contributed by atoms with Crippen LogP contribution in [-0.2, 0) is 20.7 Å². The van der Waals surface area contributed by atoms with Crippen molar-refractivity contribution in [3.8, 4) is 0 Å². The van der Waals surface area contributed by atoms with E-state index in [-0.39, 0.29) is 30.6 Å². The Morgan fingerprint density at radius 2 is 2.08 bits per heavy atom. The van der Waals surface area contributed by atoms with Gasteiger partial charge in [-0.2, -0.15) is 0 Å². The van der Waals surface area contributed by atoms with E-state index < -0.39 is 0 Å². The first-order chi connectivity index (χ1) is 11.6. The molecule has 5 nitrogen and oxygen atoms in total. The van der Waals surface area contributed by atoms with Crippen LogP contribution in [0.2, 0.25) is 0 Å². The van der Waals surface area contributed by atoms with Gasteiger partial charge in [0.05, 0.1) is 12.1 Å². The van der Waals surface area contributed by atoms with Gasteiger partial charge in [0, 0.05) is 12.1 Å². The second-order valence-electron chi connectivity index (χ2n) is 6.82. The van der Waals surface area contributed by atoms with Crippen LogP contribution in [0.15, 0.2) is 18.2 Å². The molecule has 0 unspecified atom stereocenters. The first-order valence-electron chi connectivity index (χ1n) is 8.95. The molecule has 0 saturated heterocycles. The highest BCUT2D eigenvalue weighted by Gasteiger charge is 2.18. The molecule has 0 bridgehead atoms. The van der Waals surface area contributed by atoms with Crippen LogP contribution in [0.1, 0.15) is 62.6 Å². The van der Waals surface area contributed by atoms with Crippen molar-refractivity contribution in [2.75, 3.05) is 11.9 Å². The summed E-state index contributed by atoms with van der Waals surface area (Å²) in [6.07, 6.45) is 7.34. The van der Waals surface area contributed by atoms with Crippen LogP contribution in [0.4, 0.5) is 5.69 Å². The number of ether oxygens (including phenoxy) is 1. The molecule has 1 fully saturated rings. The van der Waals surface area contributed by atoms with Crippen molar-refractivity contribution in [3.63, 3.8) is 0 Å². The van der Waals surface area contributed by atoms with E-state index in [0.717, 1.165) is 36.1 Å². The lowest BCUT2D eigenvalue weighted by molar-refractivity contribution is -0.129. The minimum Gasteiger partial charge on any atom is -0.368 e. The number of amides is 2. The molecule has 1 aliphatic carbocycles. The smallest absolute Gasteiger partial charge is 0.246 e. The molecule has 2 amide bonds. The number of fused-ring (bicyclic) bond motifs is 1. The van der Waals surface area contributed by atoms with Crippen LogP contribution < -0.4 is 10.6 Å². The zero-order valence-corrected chi connectivity index (χ0v) is 14.3. The molecule has 5 heteroatoms. The third-order valence-corrected chi connectivity index (χ3v) is 4.90. The van der Waals surface area contributed by atoms with Crippen LogP contribution in [0.25, 0.3) is 0 Å². The summed E-state index contributed by atoms with van der Waals surface area (Å²) in [6, 6.07) is 5.87. The van der Waals surface area contributed by atoms with Gasteiger partial charge in [-0.25, -0.2) is 0 Å². The lowest BCUT2D eigenvalue weighted by Crippen LogP contribution is -2.32. The van der Waals surface area contributed by atoms with Gasteiger partial charge < -0.3 is 15.4 Å². The van der Waals surface area contributed by atoms with Gasteiger partial charge in [-0.1, -0.05) is 31.4 Å². The summed E-state index contributed by atoms with van der Waals surface area (Å²) >= 11 is 0. The molecule has 0 radical (unpaired) electrons. The van der Waals surface area contributed by atoms with Crippen LogP contribution in [0, 0.1) is 0 Å². The SMILES string of the molecule is C[C@@H](NC(=O)COC1CCCCC1)c1ccc2c(c1)CCC(=O)N2. The lowest BCUT2D eigenvalue weighted by atomic mass is 9.97. The Bertz CT molecular complexity index is 609. The van der Waals surface area contributed by atoms with E-state index in [4.69, 9.17) is 4.74 Å². The summed E-state index contributed by atoms with van der Waals surface area (Å²) in [7, 11) is 0. The van der Waals surface area contributed by atoms with E-state index in [2.05, 4.69) is 16.7 Å². The summed E-state index contributed by atoms with van der Waals surface area (Å²) in [5.41, 5.74) is 3.07. The highest BCUT2D eigenvalue weighted by atomic mass is 16.5. The molecular weight excluding hydrogens is 304 g/mol. The second-order valence-corrected chi connectivity index (χ2v) is 6.82. The lowest BCUT2D eigenvalue weighted by Gasteiger charge is -2.23. The number of anilines is 1. The van der Waals surface area contributed by atoms with E-state index in [1.807, 2.05) is 19.1 Å². The molecule has 2 N–H and O–H groups in total. The maximum Gasteiger partial charge on any atom is 0.246 e. The van der Waals surface area contributed by atoms with E-state index in [1.54, 1.807) is 0 Å². The first-order valence-corrected chi connectivity index (χ1v) is 8.95. The van der Waals surface area contributed by atoms with E-state index >= 15 is 0 Å². The molecule has 1 aromatic carbocycles. The highest BCUT2D eigenvalue weighted by Crippen LogP contribution is 2.26. The zero-order chi connectivity index (χ0) is 16.9. The Kier molecular flexibility index (Phi) is 5.51. The second kappa shape index (κ2) is 7.79. The number of nitrogens with one attached hydrogen (secondary N) is 2. The topological polar surface area (TPSA) is 67.4 Å². The third-order valence-electron chi connectivity index (χ3n) is 4.90. The van der Waals surface area contributed by atoms with Crippen molar-refractivity contribution < 1.29 is 14.3 Å². The minimum absolute atomic E-state index is 0.0662. The maximum atomic E-state index is 12.1. The molecule has 1 aliphatic heterocycles. The molecule has 24 heavy (non-hydrogen) atoms. The van der Waals surface area contributed by atoms with Crippen molar-refractivity contribution in [2.24, 2.45) is 0 Å². The third kappa shape index (κ3) is 4.35. The molecule has 1 atom stereocenters. The van der Waals surface area contributed by atoms with Gasteiger partial charge in [0.25, 0.3) is 0 Å². The summed E-state index contributed by atoms with van der Waals surface area (Å²) in [5.74, 6) is -0.00411. The van der Waals surface area contributed by atoms with Crippen LogP contribution in [0.5, 0.6) is 0 Å². The summed E-state index contributed by atoms with van der Waals surface area (Å²) in [5, 5.41) is 5.88. The molecule has 130 valence electrons. The number of benzene rings is 1. The number of hydrogen-bond donors (Lipinski definition) is 2. The van der Waals surface area contributed by atoms with Gasteiger partial charge >= 0.3 is 0 Å². The molecule has 0 aromatic heterocycles. The number of hydrogen-bond acceptors (Lipinski definition) is 3. The number of rotatable bonds is 5. The fourth-order valence-electron chi connectivity index (χ4n) is 3.46. The average molecular weight is 330 g/mol. The summed E-state index contributed by atoms with van der Waals surface area (Å²) in [4.78, 5) is 23.5. The van der Waals surface area contributed by atoms with E-state index in [9.17, 15) is 9.59 Å². The predicted octanol–water partition coefficient (Wildman–Crippen LogP) is 3.10. The molecule has 0 spiro atoms. The molecule has 1 saturated carbocycles. The number of aryl methyl sites for hydroxylation is 1. The molecular formula is C19H26N2O3. The maximum absolute atomic E-state index is 12.1. The fourth-order valence-corrected chi connectivity index (χ4v) is 3.46. The average Bonchev–Trinajstić information content (AvgIpc) is 2.60. The fraction of sp³-hybridized carbons (Fsp3) is 0.579. The Morgan fingerprint density at radius 3 is 2.88 bits per heavy atom. The van der Waals surface area contributed by atoms with Gasteiger partial charge in [0.15, 0.2) is 0 Å². The van der Waals surface area contributed by atoms with Gasteiger partial charge in [-0.05, 0) is 43.4 Å². The Balaban J connectivity index is 1.51. The molecule has 1 aromatic rings. The van der Waals surface area contributed by atoms with Crippen molar-refractivity contribution >= 4 is 17.5 Å². The minimum atomic E-state index is -0.0737. The Labute approximate surface area is 143 Å². The van der Waals surface area contributed by atoms with Crippen molar-refractivity contribution in [2.45, 2.75) is 64.0 Å². The van der Waals surface area contributed by atoms with Crippen molar-refractivity contribution in [3.05, 3.63) is 29.3 Å². The normalized spacial score (nSPS) is 19.3.